The summed E-state index contributed by atoms with van der Waals surface area (Å²) in [5.41, 5.74) is 0. The second-order valence-electron chi connectivity index (χ2n) is 5.65. The van der Waals surface area contributed by atoms with E-state index < -0.39 is 12.1 Å². The molecule has 1 N–H and O–H groups in total. The number of carbonyl (C=O) groups is 2. The zero-order valence-electron chi connectivity index (χ0n) is 14.2. The molecule has 138 valence electrons. The average molecular weight is 361 g/mol. The average Bonchev–Trinajstić information content (AvgIpc) is 3.15. The van der Waals surface area contributed by atoms with Crippen LogP contribution in [0.15, 0.2) is 40.8 Å². The van der Waals surface area contributed by atoms with E-state index in [-0.39, 0.29) is 31.4 Å². The van der Waals surface area contributed by atoms with Crippen LogP contribution in [0.5, 0.6) is 11.5 Å². The Kier molecular flexibility index (Phi) is 5.43. The van der Waals surface area contributed by atoms with Crippen molar-refractivity contribution in [3.8, 4) is 11.5 Å². The highest BCUT2D eigenvalue weighted by atomic mass is 16.5. The Morgan fingerprint density at radius 2 is 2.00 bits per heavy atom. The van der Waals surface area contributed by atoms with Crippen molar-refractivity contribution in [1.82, 2.24) is 4.90 Å². The number of carboxylic acid groups (broad SMARTS) is 1. The van der Waals surface area contributed by atoms with Gasteiger partial charge in [-0.15, -0.1) is 0 Å². The van der Waals surface area contributed by atoms with Gasteiger partial charge in [0.05, 0.1) is 20.3 Å². The van der Waals surface area contributed by atoms with Crippen molar-refractivity contribution in [3.63, 3.8) is 0 Å². The first-order chi connectivity index (χ1) is 12.6. The van der Waals surface area contributed by atoms with Gasteiger partial charge in [0.15, 0.2) is 23.4 Å². The number of carbonyl (C=O) groups excluding carboxylic acids is 1. The SMILES string of the molecule is COc1ccccc1OCc1ccc(C(=O)N2CCOC(C(=O)O)C2)o1. The lowest BCUT2D eigenvalue weighted by Gasteiger charge is -2.30. The molecule has 0 radical (unpaired) electrons. The van der Waals surface area contributed by atoms with Gasteiger partial charge in [-0.25, -0.2) is 4.79 Å². The van der Waals surface area contributed by atoms with Crippen LogP contribution in [0.4, 0.5) is 0 Å². The first kappa shape index (κ1) is 17.8. The highest BCUT2D eigenvalue weighted by molar-refractivity contribution is 5.92. The van der Waals surface area contributed by atoms with Crippen LogP contribution < -0.4 is 9.47 Å². The number of furan rings is 1. The molecule has 0 spiro atoms. The lowest BCUT2D eigenvalue weighted by Crippen LogP contribution is -2.48. The molecule has 26 heavy (non-hydrogen) atoms. The third-order valence-corrected chi connectivity index (χ3v) is 3.94. The number of morpholine rings is 1. The van der Waals surface area contributed by atoms with Crippen LogP contribution in [0.3, 0.4) is 0 Å². The number of hydrogen-bond acceptors (Lipinski definition) is 6. The van der Waals surface area contributed by atoms with Crippen LogP contribution in [0.1, 0.15) is 16.3 Å². The zero-order valence-corrected chi connectivity index (χ0v) is 14.2. The molecule has 1 saturated heterocycles. The van der Waals surface area contributed by atoms with Crippen molar-refractivity contribution < 1.29 is 33.3 Å². The minimum Gasteiger partial charge on any atom is -0.493 e. The van der Waals surface area contributed by atoms with Crippen molar-refractivity contribution in [2.45, 2.75) is 12.7 Å². The molecule has 1 aliphatic rings. The van der Waals surface area contributed by atoms with Gasteiger partial charge in [0, 0.05) is 6.54 Å². The summed E-state index contributed by atoms with van der Waals surface area (Å²) in [7, 11) is 1.55. The summed E-state index contributed by atoms with van der Waals surface area (Å²) in [5.74, 6) is 0.313. The third-order valence-electron chi connectivity index (χ3n) is 3.94. The van der Waals surface area contributed by atoms with E-state index in [0.29, 0.717) is 23.8 Å². The van der Waals surface area contributed by atoms with Gasteiger partial charge < -0.3 is 28.6 Å². The summed E-state index contributed by atoms with van der Waals surface area (Å²) in [6.07, 6.45) is -1.02. The summed E-state index contributed by atoms with van der Waals surface area (Å²) in [4.78, 5) is 24.9. The molecule has 1 atom stereocenters. The monoisotopic (exact) mass is 361 g/mol. The predicted molar refractivity (Wildman–Crippen MR) is 89.3 cm³/mol. The first-order valence-corrected chi connectivity index (χ1v) is 8.06. The minimum atomic E-state index is -1.09. The fourth-order valence-corrected chi connectivity index (χ4v) is 2.60. The van der Waals surface area contributed by atoms with Crippen molar-refractivity contribution in [2.75, 3.05) is 26.8 Å². The minimum absolute atomic E-state index is 0.0120. The van der Waals surface area contributed by atoms with E-state index in [1.165, 1.54) is 4.90 Å². The number of benzene rings is 1. The molecule has 0 bridgehead atoms. The maximum atomic E-state index is 12.5. The molecule has 2 heterocycles. The number of carboxylic acids is 1. The summed E-state index contributed by atoms with van der Waals surface area (Å²) in [5, 5.41) is 9.02. The molecule has 2 aromatic rings. The summed E-state index contributed by atoms with van der Waals surface area (Å²) in [6.45, 7) is 0.611. The Morgan fingerprint density at radius 3 is 2.73 bits per heavy atom. The van der Waals surface area contributed by atoms with Gasteiger partial charge in [-0.3, -0.25) is 4.79 Å². The number of rotatable bonds is 6. The van der Waals surface area contributed by atoms with E-state index in [2.05, 4.69) is 0 Å². The number of para-hydroxylation sites is 2. The number of amides is 1. The van der Waals surface area contributed by atoms with Crippen molar-refractivity contribution in [1.29, 1.82) is 0 Å². The highest BCUT2D eigenvalue weighted by Gasteiger charge is 2.30. The third kappa shape index (κ3) is 3.97. The van der Waals surface area contributed by atoms with E-state index in [1.54, 1.807) is 31.4 Å². The van der Waals surface area contributed by atoms with Crippen molar-refractivity contribution in [2.24, 2.45) is 0 Å². The maximum absolute atomic E-state index is 12.5. The smallest absolute Gasteiger partial charge is 0.334 e. The number of aliphatic carboxylic acids is 1. The lowest BCUT2D eigenvalue weighted by molar-refractivity contribution is -0.154. The largest absolute Gasteiger partial charge is 0.493 e. The van der Waals surface area contributed by atoms with Crippen LogP contribution in [-0.4, -0.2) is 54.8 Å². The molecule has 0 aliphatic carbocycles. The van der Waals surface area contributed by atoms with Gasteiger partial charge in [0.25, 0.3) is 5.91 Å². The van der Waals surface area contributed by atoms with Gasteiger partial charge in [-0.2, -0.15) is 0 Å². The van der Waals surface area contributed by atoms with E-state index in [4.69, 9.17) is 23.7 Å². The highest BCUT2D eigenvalue weighted by Crippen LogP contribution is 2.27. The van der Waals surface area contributed by atoms with Crippen LogP contribution in [0, 0.1) is 0 Å². The summed E-state index contributed by atoms with van der Waals surface area (Å²) >= 11 is 0. The summed E-state index contributed by atoms with van der Waals surface area (Å²) in [6, 6.07) is 10.4. The van der Waals surface area contributed by atoms with Crippen LogP contribution >= 0.6 is 0 Å². The standard InChI is InChI=1S/C18H19NO7/c1-23-13-4-2-3-5-14(13)25-11-12-6-7-15(26-12)17(20)19-8-9-24-16(10-19)18(21)22/h2-7,16H,8-11H2,1H3,(H,21,22). The zero-order chi connectivity index (χ0) is 18.5. The Bertz CT molecular complexity index is 785. The molecule has 1 amide bonds. The number of ether oxygens (including phenoxy) is 3. The topological polar surface area (TPSA) is 98.4 Å². The molecule has 1 unspecified atom stereocenters. The van der Waals surface area contributed by atoms with E-state index in [9.17, 15) is 9.59 Å². The normalized spacial score (nSPS) is 17.0. The van der Waals surface area contributed by atoms with Gasteiger partial charge in [0.1, 0.15) is 12.4 Å². The van der Waals surface area contributed by atoms with E-state index in [1.807, 2.05) is 12.1 Å². The van der Waals surface area contributed by atoms with Gasteiger partial charge in [0.2, 0.25) is 0 Å². The summed E-state index contributed by atoms with van der Waals surface area (Å²) < 4.78 is 21.5. The Hall–Kier alpha value is -3.00. The number of methoxy groups -OCH3 is 1. The lowest BCUT2D eigenvalue weighted by atomic mass is 10.2. The van der Waals surface area contributed by atoms with Crippen LogP contribution in [-0.2, 0) is 16.1 Å². The molecule has 8 nitrogen and oxygen atoms in total. The number of hydrogen-bond donors (Lipinski definition) is 1. The molecule has 1 fully saturated rings. The molecule has 8 heteroatoms. The number of nitrogens with zero attached hydrogens (tertiary/aromatic N) is 1. The molecular formula is C18H19NO7. The second-order valence-corrected chi connectivity index (χ2v) is 5.65. The first-order valence-electron chi connectivity index (χ1n) is 8.06. The maximum Gasteiger partial charge on any atom is 0.334 e. The predicted octanol–water partition coefficient (Wildman–Crippen LogP) is 1.79. The fourth-order valence-electron chi connectivity index (χ4n) is 2.60. The fraction of sp³-hybridized carbons (Fsp3) is 0.333. The molecule has 3 rings (SSSR count). The molecule has 0 saturated carbocycles. The second kappa shape index (κ2) is 7.92. The quantitative estimate of drug-likeness (QED) is 0.837. The van der Waals surface area contributed by atoms with Crippen LogP contribution in [0.2, 0.25) is 0 Å². The van der Waals surface area contributed by atoms with E-state index in [0.717, 1.165) is 0 Å². The molecular weight excluding hydrogens is 342 g/mol. The van der Waals surface area contributed by atoms with Gasteiger partial charge in [-0.05, 0) is 24.3 Å². The van der Waals surface area contributed by atoms with Gasteiger partial charge >= 0.3 is 5.97 Å². The van der Waals surface area contributed by atoms with Crippen molar-refractivity contribution >= 4 is 11.9 Å². The van der Waals surface area contributed by atoms with E-state index >= 15 is 0 Å². The molecule has 1 aliphatic heterocycles. The van der Waals surface area contributed by atoms with Gasteiger partial charge in [-0.1, -0.05) is 12.1 Å². The molecule has 1 aromatic heterocycles. The Morgan fingerprint density at radius 1 is 1.23 bits per heavy atom. The Balaban J connectivity index is 1.62. The Labute approximate surface area is 149 Å². The van der Waals surface area contributed by atoms with Crippen molar-refractivity contribution in [3.05, 3.63) is 47.9 Å². The molecule has 1 aromatic carbocycles. The van der Waals surface area contributed by atoms with Crippen LogP contribution in [0.25, 0.3) is 0 Å².